The molecule has 3 N–H and O–H groups in total. The topological polar surface area (TPSA) is 148 Å². The van der Waals surface area contributed by atoms with Crippen LogP contribution in [0.5, 0.6) is 0 Å². The Kier molecular flexibility index (Phi) is 10.9. The molecule has 0 saturated carbocycles. The molecule has 3 aliphatic heterocycles. The first-order valence-electron chi connectivity index (χ1n) is 16.7. The standard InChI is InChI=1S/C35H47N5O7/c1-21(2)30-32(42)38-23(4)33(43)40-15-7-10-29(39-40)31(41)37-22(3)25-11-12-26-20-36-28(19-27(26)18-25)9-6-8-24(34(44)47-30)13-14-35(5)45-16-17-46-35/h6,9,11-12,18-24,29-30,39H,7-8,10,13-17H2,1-5H3,(H,37,41)(H,38,42)/b9-6+/t22-,23+,24+,29+,30+/m1/s1. The van der Waals surface area contributed by atoms with Gasteiger partial charge in [0.25, 0.3) is 11.8 Å². The SMILES string of the molecule is CC(C)[C@@H]1OC(=O)[C@H](CCC2(C)OCCO2)C/C=C/c2cc3cc(ccc3cn2)[C@@H](C)NC(=O)[C@@H]2CCCN(N2)C(=O)[C@H](C)NC1=O. The number of cyclic esters (lactones) is 1. The average molecular weight is 650 g/mol. The number of benzene rings is 1. The van der Waals surface area contributed by atoms with Crippen LogP contribution in [0.2, 0.25) is 0 Å². The zero-order valence-corrected chi connectivity index (χ0v) is 27.9. The van der Waals surface area contributed by atoms with Crippen molar-refractivity contribution in [2.75, 3.05) is 19.8 Å². The molecule has 3 aliphatic rings. The van der Waals surface area contributed by atoms with Gasteiger partial charge in [-0.2, -0.15) is 0 Å². The maximum atomic E-state index is 13.7. The van der Waals surface area contributed by atoms with Gasteiger partial charge in [-0.05, 0) is 81.5 Å². The van der Waals surface area contributed by atoms with E-state index in [0.717, 1.165) is 22.0 Å². The van der Waals surface area contributed by atoms with Gasteiger partial charge in [0.15, 0.2) is 11.9 Å². The molecule has 12 heteroatoms. The van der Waals surface area contributed by atoms with Crippen LogP contribution in [0.15, 0.2) is 36.5 Å². The van der Waals surface area contributed by atoms with E-state index in [4.69, 9.17) is 14.2 Å². The van der Waals surface area contributed by atoms with Crippen molar-refractivity contribution in [2.24, 2.45) is 11.8 Å². The van der Waals surface area contributed by atoms with Gasteiger partial charge in [0.1, 0.15) is 12.1 Å². The highest BCUT2D eigenvalue weighted by Crippen LogP contribution is 2.29. The molecular formula is C35H47N5O7. The van der Waals surface area contributed by atoms with Crippen molar-refractivity contribution >= 4 is 40.5 Å². The van der Waals surface area contributed by atoms with Gasteiger partial charge >= 0.3 is 5.97 Å². The fourth-order valence-corrected chi connectivity index (χ4v) is 6.20. The van der Waals surface area contributed by atoms with Crippen molar-refractivity contribution < 1.29 is 33.4 Å². The normalized spacial score (nSPS) is 28.5. The van der Waals surface area contributed by atoms with Crippen LogP contribution in [-0.2, 0) is 33.4 Å². The average Bonchev–Trinajstić information content (AvgIpc) is 3.49. The van der Waals surface area contributed by atoms with Crippen molar-refractivity contribution in [3.05, 3.63) is 47.8 Å². The number of amides is 3. The lowest BCUT2D eigenvalue weighted by Crippen LogP contribution is -2.61. The number of hydrogen-bond acceptors (Lipinski definition) is 9. The molecular weight excluding hydrogens is 602 g/mol. The number of nitrogens with zero attached hydrogens (tertiary/aromatic N) is 2. The van der Waals surface area contributed by atoms with Crippen molar-refractivity contribution in [3.63, 3.8) is 0 Å². The number of esters is 1. The molecule has 0 unspecified atom stereocenters. The molecule has 12 nitrogen and oxygen atoms in total. The minimum atomic E-state index is -1.11. The van der Waals surface area contributed by atoms with Crippen LogP contribution in [0.4, 0.5) is 0 Å². The number of fused-ring (bicyclic) bond motifs is 4. The predicted molar refractivity (Wildman–Crippen MR) is 175 cm³/mol. The van der Waals surface area contributed by atoms with Gasteiger partial charge in [0.05, 0.1) is 30.9 Å². The van der Waals surface area contributed by atoms with Crippen LogP contribution >= 0.6 is 0 Å². The Balaban J connectivity index is 1.45. The highest BCUT2D eigenvalue weighted by Gasteiger charge is 2.36. The molecule has 254 valence electrons. The molecule has 1 aromatic heterocycles. The third-order valence-corrected chi connectivity index (χ3v) is 9.12. The Morgan fingerprint density at radius 3 is 2.49 bits per heavy atom. The number of hydrogen-bond donors (Lipinski definition) is 3. The van der Waals surface area contributed by atoms with Crippen LogP contribution in [-0.4, -0.2) is 77.4 Å². The zero-order chi connectivity index (χ0) is 33.7. The Hall–Kier alpha value is -3.87. The third kappa shape index (κ3) is 8.54. The quantitative estimate of drug-likeness (QED) is 0.423. The van der Waals surface area contributed by atoms with Gasteiger partial charge in [-0.1, -0.05) is 32.1 Å². The summed E-state index contributed by atoms with van der Waals surface area (Å²) >= 11 is 0. The minimum Gasteiger partial charge on any atom is -0.452 e. The molecule has 2 saturated heterocycles. The van der Waals surface area contributed by atoms with E-state index in [1.807, 2.05) is 50.3 Å². The lowest BCUT2D eigenvalue weighted by molar-refractivity contribution is -0.167. The summed E-state index contributed by atoms with van der Waals surface area (Å²) in [5.41, 5.74) is 4.71. The monoisotopic (exact) mass is 649 g/mol. The van der Waals surface area contributed by atoms with Crippen LogP contribution in [0, 0.1) is 11.8 Å². The largest absolute Gasteiger partial charge is 0.452 e. The van der Waals surface area contributed by atoms with Crippen LogP contribution in [0.3, 0.4) is 0 Å². The summed E-state index contributed by atoms with van der Waals surface area (Å²) in [5, 5.41) is 9.14. The highest BCUT2D eigenvalue weighted by molar-refractivity contribution is 5.91. The first kappa shape index (κ1) is 34.5. The fourth-order valence-electron chi connectivity index (χ4n) is 6.20. The molecule has 0 aliphatic carbocycles. The second kappa shape index (κ2) is 14.9. The van der Waals surface area contributed by atoms with E-state index in [0.29, 0.717) is 51.9 Å². The summed E-state index contributed by atoms with van der Waals surface area (Å²) in [6.45, 7) is 10.3. The maximum absolute atomic E-state index is 13.7. The first-order valence-corrected chi connectivity index (χ1v) is 16.7. The number of pyridine rings is 1. The zero-order valence-electron chi connectivity index (χ0n) is 27.9. The van der Waals surface area contributed by atoms with E-state index >= 15 is 0 Å². The summed E-state index contributed by atoms with van der Waals surface area (Å²) in [7, 11) is 0. The molecule has 5 bridgehead atoms. The van der Waals surface area contributed by atoms with E-state index in [1.54, 1.807) is 27.0 Å². The van der Waals surface area contributed by atoms with Crippen LogP contribution in [0.1, 0.15) is 84.0 Å². The lowest BCUT2D eigenvalue weighted by atomic mass is 9.95. The summed E-state index contributed by atoms with van der Waals surface area (Å²) in [4.78, 5) is 58.4. The molecule has 5 rings (SSSR count). The number of nitrogens with one attached hydrogen (secondary N) is 3. The van der Waals surface area contributed by atoms with Gasteiger partial charge in [-0.25, -0.2) is 5.43 Å². The Labute approximate surface area is 275 Å². The summed E-state index contributed by atoms with van der Waals surface area (Å²) in [6.07, 6.45) is 6.87. The summed E-state index contributed by atoms with van der Waals surface area (Å²) in [5.74, 6) is -3.38. The second-order valence-corrected chi connectivity index (χ2v) is 13.3. The molecule has 5 atom stereocenters. The van der Waals surface area contributed by atoms with Gasteiger partial charge in [0, 0.05) is 24.5 Å². The molecule has 47 heavy (non-hydrogen) atoms. The van der Waals surface area contributed by atoms with Crippen molar-refractivity contribution in [3.8, 4) is 0 Å². The summed E-state index contributed by atoms with van der Waals surface area (Å²) in [6, 6.07) is 6.14. The Morgan fingerprint density at radius 2 is 1.74 bits per heavy atom. The number of hydrazine groups is 1. The second-order valence-electron chi connectivity index (χ2n) is 13.3. The third-order valence-electron chi connectivity index (χ3n) is 9.12. The molecule has 2 aromatic rings. The van der Waals surface area contributed by atoms with Gasteiger partial charge < -0.3 is 24.8 Å². The Bertz CT molecular complexity index is 1500. The number of carbonyl (C=O) groups is 4. The highest BCUT2D eigenvalue weighted by atomic mass is 16.7. The van der Waals surface area contributed by atoms with Crippen molar-refractivity contribution in [1.82, 2.24) is 26.1 Å². The van der Waals surface area contributed by atoms with Gasteiger partial charge in [-0.3, -0.25) is 29.2 Å². The van der Waals surface area contributed by atoms with E-state index in [9.17, 15) is 19.2 Å². The van der Waals surface area contributed by atoms with Crippen LogP contribution in [0.25, 0.3) is 16.8 Å². The maximum Gasteiger partial charge on any atom is 0.310 e. The molecule has 0 radical (unpaired) electrons. The molecule has 0 spiro atoms. The number of allylic oxidation sites excluding steroid dienone is 1. The van der Waals surface area contributed by atoms with Crippen molar-refractivity contribution in [1.29, 1.82) is 0 Å². The van der Waals surface area contributed by atoms with Gasteiger partial charge in [-0.15, -0.1) is 0 Å². The van der Waals surface area contributed by atoms with Crippen molar-refractivity contribution in [2.45, 2.75) is 96.7 Å². The van der Waals surface area contributed by atoms with E-state index in [-0.39, 0.29) is 23.8 Å². The molecule has 3 amide bonds. The van der Waals surface area contributed by atoms with E-state index < -0.39 is 41.8 Å². The fraction of sp³-hybridized carbons (Fsp3) is 0.571. The smallest absolute Gasteiger partial charge is 0.310 e. The van der Waals surface area contributed by atoms with Gasteiger partial charge in [0.2, 0.25) is 5.91 Å². The first-order chi connectivity index (χ1) is 22.4. The number of aromatic nitrogens is 1. The Morgan fingerprint density at radius 1 is 1.00 bits per heavy atom. The molecule has 2 fully saturated rings. The number of ether oxygens (including phenoxy) is 3. The number of rotatable bonds is 4. The van der Waals surface area contributed by atoms with E-state index in [1.165, 1.54) is 5.01 Å². The predicted octanol–water partition coefficient (Wildman–Crippen LogP) is 3.56. The van der Waals surface area contributed by atoms with E-state index in [2.05, 4.69) is 21.0 Å². The molecule has 1 aromatic carbocycles. The summed E-state index contributed by atoms with van der Waals surface area (Å²) < 4.78 is 17.4. The van der Waals surface area contributed by atoms with Crippen LogP contribution < -0.4 is 16.1 Å². The number of carbonyl (C=O) groups excluding carboxylic acids is 4. The minimum absolute atomic E-state index is 0.214. The lowest BCUT2D eigenvalue weighted by Gasteiger charge is -2.35. The molecule has 4 heterocycles.